The molecular formula is C14H18F4N2O. The minimum absolute atomic E-state index is 0.0659. The minimum Gasteiger partial charge on any atom is -0.389 e. The smallest absolute Gasteiger partial charge is 0.389 e. The zero-order valence-corrected chi connectivity index (χ0v) is 11.4. The summed E-state index contributed by atoms with van der Waals surface area (Å²) < 4.78 is 50.9. The van der Waals surface area contributed by atoms with Crippen molar-refractivity contribution in [3.8, 4) is 0 Å². The van der Waals surface area contributed by atoms with Gasteiger partial charge in [-0.1, -0.05) is 0 Å². The summed E-state index contributed by atoms with van der Waals surface area (Å²) in [5.74, 6) is -0.630. The van der Waals surface area contributed by atoms with E-state index in [4.69, 9.17) is 5.73 Å². The van der Waals surface area contributed by atoms with Crippen molar-refractivity contribution in [2.45, 2.75) is 31.2 Å². The monoisotopic (exact) mass is 306 g/mol. The van der Waals surface area contributed by atoms with Crippen molar-refractivity contribution < 1.29 is 22.7 Å². The maximum atomic E-state index is 13.2. The third-order valence-corrected chi connectivity index (χ3v) is 3.74. The van der Waals surface area contributed by atoms with Gasteiger partial charge in [0, 0.05) is 13.1 Å². The van der Waals surface area contributed by atoms with E-state index in [1.54, 1.807) is 0 Å². The van der Waals surface area contributed by atoms with Crippen molar-refractivity contribution in [2.24, 2.45) is 11.7 Å². The third-order valence-electron chi connectivity index (χ3n) is 3.74. The normalized spacial score (nSPS) is 25.7. The molecule has 1 aliphatic carbocycles. The number of hydrogen-bond acceptors (Lipinski definition) is 3. The molecule has 4 N–H and O–H groups in total. The molecule has 0 heterocycles. The molecule has 0 unspecified atom stereocenters. The fraction of sp³-hybridized carbons (Fsp3) is 0.571. The van der Waals surface area contributed by atoms with Crippen molar-refractivity contribution in [1.82, 2.24) is 5.32 Å². The van der Waals surface area contributed by atoms with Crippen molar-refractivity contribution in [1.29, 1.82) is 0 Å². The zero-order chi connectivity index (χ0) is 15.7. The topological polar surface area (TPSA) is 58.3 Å². The number of rotatable bonds is 5. The average Bonchev–Trinajstić information content (AvgIpc) is 2.33. The lowest BCUT2D eigenvalue weighted by atomic mass is 9.71. The Hall–Kier alpha value is -1.18. The summed E-state index contributed by atoms with van der Waals surface area (Å²) >= 11 is 0. The van der Waals surface area contributed by atoms with E-state index >= 15 is 0 Å². The number of hydrogen-bond donors (Lipinski definition) is 3. The summed E-state index contributed by atoms with van der Waals surface area (Å²) in [6.07, 6.45) is -3.42. The fourth-order valence-electron chi connectivity index (χ4n) is 2.68. The van der Waals surface area contributed by atoms with E-state index in [2.05, 4.69) is 5.32 Å². The van der Waals surface area contributed by atoms with Gasteiger partial charge in [0.1, 0.15) is 5.82 Å². The summed E-state index contributed by atoms with van der Waals surface area (Å²) in [5.41, 5.74) is 3.80. The Morgan fingerprint density at radius 2 is 1.95 bits per heavy atom. The molecule has 7 heteroatoms. The largest absolute Gasteiger partial charge is 0.416 e. The van der Waals surface area contributed by atoms with E-state index in [1.165, 1.54) is 0 Å². The number of halogens is 4. The van der Waals surface area contributed by atoms with Gasteiger partial charge in [-0.05, 0) is 49.1 Å². The van der Waals surface area contributed by atoms with Crippen LogP contribution in [0.25, 0.3) is 0 Å². The third kappa shape index (κ3) is 4.15. The molecule has 118 valence electrons. The highest BCUT2D eigenvalue weighted by Crippen LogP contribution is 2.36. The van der Waals surface area contributed by atoms with Gasteiger partial charge >= 0.3 is 6.18 Å². The molecule has 0 bridgehead atoms. The van der Waals surface area contributed by atoms with Crippen LogP contribution in [0, 0.1) is 11.7 Å². The molecule has 0 spiro atoms. The molecule has 2 rings (SSSR count). The molecule has 0 atom stereocenters. The Bertz CT molecular complexity index is 498. The van der Waals surface area contributed by atoms with Crippen molar-refractivity contribution in [3.05, 3.63) is 35.1 Å². The Morgan fingerprint density at radius 1 is 1.29 bits per heavy atom. The number of benzene rings is 1. The lowest BCUT2D eigenvalue weighted by molar-refractivity contribution is -0.137. The highest BCUT2D eigenvalue weighted by Gasteiger charge is 2.41. The summed E-state index contributed by atoms with van der Waals surface area (Å²) in [7, 11) is 0. The number of aliphatic hydroxyl groups is 1. The summed E-state index contributed by atoms with van der Waals surface area (Å²) in [5, 5.41) is 12.9. The molecule has 1 saturated carbocycles. The van der Waals surface area contributed by atoms with Crippen molar-refractivity contribution in [3.63, 3.8) is 0 Å². The van der Waals surface area contributed by atoms with Crippen LogP contribution in [0.5, 0.6) is 0 Å². The Morgan fingerprint density at radius 3 is 2.52 bits per heavy atom. The van der Waals surface area contributed by atoms with E-state index in [0.29, 0.717) is 31.4 Å². The lowest BCUT2D eigenvalue weighted by Crippen LogP contribution is -2.52. The van der Waals surface area contributed by atoms with Crippen LogP contribution in [0.2, 0.25) is 0 Å². The first-order chi connectivity index (χ1) is 9.72. The molecule has 0 radical (unpaired) electrons. The van der Waals surface area contributed by atoms with Crippen LogP contribution < -0.4 is 11.1 Å². The SMILES string of the molecule is NCC1CC(O)(CNCc2cc(F)cc(C(F)(F)F)c2)C1. The van der Waals surface area contributed by atoms with E-state index in [0.717, 1.165) is 12.1 Å². The number of nitrogens with two attached hydrogens (primary N) is 1. The second-order valence-electron chi connectivity index (χ2n) is 5.68. The van der Waals surface area contributed by atoms with Crippen molar-refractivity contribution >= 4 is 0 Å². The van der Waals surface area contributed by atoms with Crippen LogP contribution in [0.3, 0.4) is 0 Å². The van der Waals surface area contributed by atoms with Gasteiger partial charge in [0.2, 0.25) is 0 Å². The van der Waals surface area contributed by atoms with Crippen LogP contribution >= 0.6 is 0 Å². The van der Waals surface area contributed by atoms with Crippen molar-refractivity contribution in [2.75, 3.05) is 13.1 Å². The lowest BCUT2D eigenvalue weighted by Gasteiger charge is -2.43. The molecule has 1 aromatic carbocycles. The standard InChI is InChI=1S/C14H18F4N2O/c15-12-2-9(1-11(3-12)14(16,17)18)7-20-8-13(21)4-10(5-13)6-19/h1-3,10,20-21H,4-8,19H2. The minimum atomic E-state index is -4.57. The molecule has 21 heavy (non-hydrogen) atoms. The van der Waals surface area contributed by atoms with E-state index in [1.807, 2.05) is 0 Å². The molecule has 1 aromatic rings. The molecule has 1 fully saturated rings. The predicted octanol–water partition coefficient (Wildman–Crippen LogP) is 2.03. The van der Waals surface area contributed by atoms with Crippen LogP contribution in [0.15, 0.2) is 18.2 Å². The Balaban J connectivity index is 1.91. The quantitative estimate of drug-likeness (QED) is 0.730. The highest BCUT2D eigenvalue weighted by atomic mass is 19.4. The van der Waals surface area contributed by atoms with Crippen LogP contribution in [-0.2, 0) is 12.7 Å². The first-order valence-electron chi connectivity index (χ1n) is 6.72. The van der Waals surface area contributed by atoms with Crippen LogP contribution in [-0.4, -0.2) is 23.8 Å². The predicted molar refractivity (Wildman–Crippen MR) is 69.8 cm³/mol. The van der Waals surface area contributed by atoms with Crippen LogP contribution in [0.1, 0.15) is 24.0 Å². The van der Waals surface area contributed by atoms with E-state index < -0.39 is 23.2 Å². The fourth-order valence-corrected chi connectivity index (χ4v) is 2.68. The summed E-state index contributed by atoms with van der Waals surface area (Å²) in [6, 6.07) is 2.42. The highest BCUT2D eigenvalue weighted by molar-refractivity contribution is 5.26. The van der Waals surface area contributed by atoms with Gasteiger partial charge in [0.05, 0.1) is 11.2 Å². The molecule has 0 aromatic heterocycles. The number of alkyl halides is 3. The van der Waals surface area contributed by atoms with E-state index in [9.17, 15) is 22.7 Å². The van der Waals surface area contributed by atoms with Gasteiger partial charge < -0.3 is 16.2 Å². The van der Waals surface area contributed by atoms with Crippen LogP contribution in [0.4, 0.5) is 17.6 Å². The molecule has 0 aliphatic heterocycles. The maximum Gasteiger partial charge on any atom is 0.416 e. The second-order valence-corrected chi connectivity index (χ2v) is 5.68. The van der Waals surface area contributed by atoms with Gasteiger partial charge in [-0.3, -0.25) is 0 Å². The number of nitrogens with one attached hydrogen (secondary N) is 1. The zero-order valence-electron chi connectivity index (χ0n) is 11.4. The van der Waals surface area contributed by atoms with Gasteiger partial charge in [0.25, 0.3) is 0 Å². The first kappa shape index (κ1) is 16.2. The van der Waals surface area contributed by atoms with Gasteiger partial charge in [-0.15, -0.1) is 0 Å². The first-order valence-corrected chi connectivity index (χ1v) is 6.72. The Labute approximate surface area is 120 Å². The molecule has 0 saturated heterocycles. The molecule has 3 nitrogen and oxygen atoms in total. The summed E-state index contributed by atoms with van der Waals surface area (Å²) in [4.78, 5) is 0. The van der Waals surface area contributed by atoms with Gasteiger partial charge in [-0.2, -0.15) is 13.2 Å². The Kier molecular flexibility index (Phi) is 4.55. The summed E-state index contributed by atoms with van der Waals surface area (Å²) in [6.45, 7) is 0.832. The molecule has 0 amide bonds. The molecule has 1 aliphatic rings. The molecular weight excluding hydrogens is 288 g/mol. The average molecular weight is 306 g/mol. The maximum absolute atomic E-state index is 13.2. The van der Waals surface area contributed by atoms with E-state index in [-0.39, 0.29) is 18.7 Å². The second kappa shape index (κ2) is 5.90. The van der Waals surface area contributed by atoms with Gasteiger partial charge in [-0.25, -0.2) is 4.39 Å². The van der Waals surface area contributed by atoms with Gasteiger partial charge in [0.15, 0.2) is 0 Å².